The first kappa shape index (κ1) is 16.7. The van der Waals surface area contributed by atoms with E-state index in [-0.39, 0.29) is 0 Å². The molecule has 0 aliphatic heterocycles. The van der Waals surface area contributed by atoms with Crippen molar-refractivity contribution in [2.75, 3.05) is 0 Å². The predicted octanol–water partition coefficient (Wildman–Crippen LogP) is 2.54. The second-order valence-corrected chi connectivity index (χ2v) is 6.15. The molecule has 0 saturated heterocycles. The minimum atomic E-state index is -0.435. The summed E-state index contributed by atoms with van der Waals surface area (Å²) < 4.78 is 2.18. The van der Waals surface area contributed by atoms with Gasteiger partial charge in [0.15, 0.2) is 5.82 Å². The van der Waals surface area contributed by atoms with Gasteiger partial charge in [-0.15, -0.1) is 10.2 Å². The van der Waals surface area contributed by atoms with E-state index in [1.54, 1.807) is 12.1 Å². The second kappa shape index (κ2) is 7.25. The molecule has 0 aliphatic rings. The number of tetrazole rings is 1. The molecule has 134 valence electrons. The Balaban J connectivity index is 1.75. The summed E-state index contributed by atoms with van der Waals surface area (Å²) in [5, 5.41) is 14.1. The van der Waals surface area contributed by atoms with E-state index in [9.17, 15) is 4.79 Å². The third kappa shape index (κ3) is 3.48. The van der Waals surface area contributed by atoms with Gasteiger partial charge in [-0.3, -0.25) is 4.79 Å². The van der Waals surface area contributed by atoms with Crippen molar-refractivity contribution in [3.8, 4) is 16.9 Å². The number of aromatic nitrogens is 5. The number of H-pyrrole nitrogens is 1. The highest BCUT2D eigenvalue weighted by Gasteiger charge is 2.13. The molecule has 0 saturated carbocycles. The van der Waals surface area contributed by atoms with Crippen LogP contribution < -0.4 is 5.73 Å². The van der Waals surface area contributed by atoms with Crippen LogP contribution in [0.5, 0.6) is 0 Å². The standard InChI is InChI=1S/C20H18N6O/c21-20(27)15-6-8-16(9-7-15)26-17(11-13-19-22-24-25-23-19)10-12-18(26)14-4-2-1-3-5-14/h1-10,12H,11,13H2,(H2,21,27)(H,22,23,24,25). The highest BCUT2D eigenvalue weighted by atomic mass is 16.1. The van der Waals surface area contributed by atoms with Crippen LogP contribution in [0.3, 0.4) is 0 Å². The summed E-state index contributed by atoms with van der Waals surface area (Å²) in [5.41, 5.74) is 10.1. The summed E-state index contributed by atoms with van der Waals surface area (Å²) in [6, 6.07) is 21.7. The van der Waals surface area contributed by atoms with E-state index < -0.39 is 5.91 Å². The average molecular weight is 358 g/mol. The SMILES string of the molecule is NC(=O)c1ccc(-n2c(CCc3nn[nH]n3)ccc2-c2ccccc2)cc1. The fourth-order valence-electron chi connectivity index (χ4n) is 3.12. The molecule has 7 nitrogen and oxygen atoms in total. The molecular formula is C20H18N6O. The average Bonchev–Trinajstić information content (AvgIpc) is 3.37. The molecule has 0 radical (unpaired) electrons. The van der Waals surface area contributed by atoms with E-state index in [0.29, 0.717) is 17.8 Å². The number of carbonyl (C=O) groups is 1. The van der Waals surface area contributed by atoms with Gasteiger partial charge < -0.3 is 10.3 Å². The number of rotatable bonds is 6. The van der Waals surface area contributed by atoms with Crippen molar-refractivity contribution in [3.05, 3.63) is 83.8 Å². The van der Waals surface area contributed by atoms with Crippen LogP contribution in [0.2, 0.25) is 0 Å². The molecule has 4 aromatic rings. The van der Waals surface area contributed by atoms with Gasteiger partial charge in [-0.25, -0.2) is 0 Å². The van der Waals surface area contributed by atoms with E-state index in [4.69, 9.17) is 5.73 Å². The van der Waals surface area contributed by atoms with Crippen LogP contribution in [0.25, 0.3) is 16.9 Å². The zero-order valence-electron chi connectivity index (χ0n) is 14.5. The molecule has 4 rings (SSSR count). The van der Waals surface area contributed by atoms with Crippen molar-refractivity contribution < 1.29 is 4.79 Å². The quantitative estimate of drug-likeness (QED) is 0.553. The molecule has 2 aromatic heterocycles. The van der Waals surface area contributed by atoms with Crippen LogP contribution in [0.1, 0.15) is 21.9 Å². The smallest absolute Gasteiger partial charge is 0.248 e. The molecule has 0 atom stereocenters. The number of aryl methyl sites for hydroxylation is 2. The molecule has 0 bridgehead atoms. The molecule has 7 heteroatoms. The van der Waals surface area contributed by atoms with Gasteiger partial charge in [0.05, 0.1) is 5.69 Å². The number of nitrogens with one attached hydrogen (secondary N) is 1. The number of benzene rings is 2. The van der Waals surface area contributed by atoms with Crippen LogP contribution in [0.4, 0.5) is 0 Å². The van der Waals surface area contributed by atoms with Crippen molar-refractivity contribution in [3.63, 3.8) is 0 Å². The van der Waals surface area contributed by atoms with Crippen LogP contribution in [-0.4, -0.2) is 31.1 Å². The summed E-state index contributed by atoms with van der Waals surface area (Å²) in [5.74, 6) is 0.239. The topological polar surface area (TPSA) is 102 Å². The zero-order chi connectivity index (χ0) is 18.6. The van der Waals surface area contributed by atoms with E-state index in [1.165, 1.54) is 0 Å². The number of nitrogens with zero attached hydrogens (tertiary/aromatic N) is 4. The van der Waals surface area contributed by atoms with Gasteiger partial charge in [0, 0.05) is 23.4 Å². The number of amides is 1. The van der Waals surface area contributed by atoms with Gasteiger partial charge >= 0.3 is 0 Å². The van der Waals surface area contributed by atoms with E-state index in [2.05, 4.69) is 49.5 Å². The first-order chi connectivity index (χ1) is 13.2. The van der Waals surface area contributed by atoms with Crippen molar-refractivity contribution in [2.45, 2.75) is 12.8 Å². The number of carbonyl (C=O) groups excluding carboxylic acids is 1. The molecule has 0 spiro atoms. The maximum Gasteiger partial charge on any atom is 0.248 e. The van der Waals surface area contributed by atoms with E-state index in [0.717, 1.165) is 29.1 Å². The molecule has 1 amide bonds. The second-order valence-electron chi connectivity index (χ2n) is 6.15. The van der Waals surface area contributed by atoms with Gasteiger partial charge in [0.2, 0.25) is 5.91 Å². The molecule has 3 N–H and O–H groups in total. The minimum absolute atomic E-state index is 0.435. The Kier molecular flexibility index (Phi) is 4.49. The predicted molar refractivity (Wildman–Crippen MR) is 101 cm³/mol. The van der Waals surface area contributed by atoms with E-state index >= 15 is 0 Å². The van der Waals surface area contributed by atoms with Gasteiger partial charge in [-0.2, -0.15) is 5.21 Å². The zero-order valence-corrected chi connectivity index (χ0v) is 14.5. The lowest BCUT2D eigenvalue weighted by Crippen LogP contribution is -2.11. The molecule has 2 heterocycles. The highest BCUT2D eigenvalue weighted by Crippen LogP contribution is 2.27. The molecule has 27 heavy (non-hydrogen) atoms. The van der Waals surface area contributed by atoms with Crippen LogP contribution in [0, 0.1) is 0 Å². The summed E-state index contributed by atoms with van der Waals surface area (Å²) >= 11 is 0. The maximum atomic E-state index is 11.4. The molecular weight excluding hydrogens is 340 g/mol. The first-order valence-corrected chi connectivity index (χ1v) is 8.61. The molecule has 0 unspecified atom stereocenters. The van der Waals surface area contributed by atoms with E-state index in [1.807, 2.05) is 30.3 Å². The monoisotopic (exact) mass is 358 g/mol. The Morgan fingerprint density at radius 1 is 0.963 bits per heavy atom. The molecule has 0 aliphatic carbocycles. The Morgan fingerprint density at radius 3 is 2.41 bits per heavy atom. The van der Waals surface area contributed by atoms with Crippen molar-refractivity contribution in [2.24, 2.45) is 5.73 Å². The fraction of sp³-hybridized carbons (Fsp3) is 0.100. The Morgan fingerprint density at radius 2 is 1.74 bits per heavy atom. The molecule has 2 aromatic carbocycles. The lowest BCUT2D eigenvalue weighted by molar-refractivity contribution is 0.100. The Labute approximate surface area is 155 Å². The van der Waals surface area contributed by atoms with Crippen LogP contribution in [-0.2, 0) is 12.8 Å². The number of hydrogen-bond donors (Lipinski definition) is 2. The lowest BCUT2D eigenvalue weighted by Gasteiger charge is -2.14. The number of aromatic amines is 1. The Bertz CT molecular complexity index is 1040. The summed E-state index contributed by atoms with van der Waals surface area (Å²) in [4.78, 5) is 11.4. The summed E-state index contributed by atoms with van der Waals surface area (Å²) in [6.07, 6.45) is 1.43. The third-order valence-electron chi connectivity index (χ3n) is 4.44. The van der Waals surface area contributed by atoms with Crippen molar-refractivity contribution >= 4 is 5.91 Å². The van der Waals surface area contributed by atoms with Gasteiger partial charge in [-0.1, -0.05) is 35.5 Å². The number of hydrogen-bond acceptors (Lipinski definition) is 4. The number of nitrogens with two attached hydrogens (primary N) is 1. The van der Waals surface area contributed by atoms with Gasteiger partial charge in [0.1, 0.15) is 0 Å². The normalized spacial score (nSPS) is 10.8. The van der Waals surface area contributed by atoms with Gasteiger partial charge in [0.25, 0.3) is 0 Å². The maximum absolute atomic E-state index is 11.4. The molecule has 0 fully saturated rings. The summed E-state index contributed by atoms with van der Waals surface area (Å²) in [6.45, 7) is 0. The highest BCUT2D eigenvalue weighted by molar-refractivity contribution is 5.92. The van der Waals surface area contributed by atoms with Gasteiger partial charge in [-0.05, 0) is 48.4 Å². The fourth-order valence-corrected chi connectivity index (χ4v) is 3.12. The van der Waals surface area contributed by atoms with Crippen molar-refractivity contribution in [1.82, 2.24) is 25.2 Å². The summed E-state index contributed by atoms with van der Waals surface area (Å²) in [7, 11) is 0. The largest absolute Gasteiger partial charge is 0.366 e. The third-order valence-corrected chi connectivity index (χ3v) is 4.44. The number of primary amides is 1. The van der Waals surface area contributed by atoms with Crippen LogP contribution in [0.15, 0.2) is 66.7 Å². The first-order valence-electron chi connectivity index (χ1n) is 8.61. The van der Waals surface area contributed by atoms with Crippen molar-refractivity contribution in [1.29, 1.82) is 0 Å². The van der Waals surface area contributed by atoms with Crippen LogP contribution >= 0.6 is 0 Å². The Hall–Kier alpha value is -3.74. The minimum Gasteiger partial charge on any atom is -0.366 e. The lowest BCUT2D eigenvalue weighted by atomic mass is 10.1.